The number of nitrogens with zero attached hydrogens (tertiary/aromatic N) is 2. The molecule has 0 radical (unpaired) electrons. The Balaban J connectivity index is 1.82. The topological polar surface area (TPSA) is 51.2 Å². The number of amides is 1. The van der Waals surface area contributed by atoms with Crippen molar-refractivity contribution in [2.75, 3.05) is 65.1 Å². The monoisotopic (exact) mass is 380 g/mol. The molecule has 0 spiro atoms. The molecule has 0 aliphatic carbocycles. The van der Waals surface area contributed by atoms with Crippen LogP contribution in [0.1, 0.15) is 16.8 Å². The molecule has 2 fully saturated rings. The lowest BCUT2D eigenvalue weighted by molar-refractivity contribution is 0.0244. The lowest BCUT2D eigenvalue weighted by Gasteiger charge is -2.36. The second-order valence-corrected chi connectivity index (χ2v) is 7.68. The minimum atomic E-state index is 0.0292. The summed E-state index contributed by atoms with van der Waals surface area (Å²) < 4.78 is 16.3. The maximum atomic E-state index is 13.4. The maximum absolute atomic E-state index is 13.4. The summed E-state index contributed by atoms with van der Waals surface area (Å²) in [6.07, 6.45) is 1.02. The summed E-state index contributed by atoms with van der Waals surface area (Å²) in [5.74, 6) is 3.20. The Bertz CT molecular complexity index is 607. The van der Waals surface area contributed by atoms with Crippen LogP contribution in [0.3, 0.4) is 0 Å². The highest BCUT2D eigenvalue weighted by molar-refractivity contribution is 7.99. The first kappa shape index (κ1) is 19.3. The first-order valence-corrected chi connectivity index (χ1v) is 10.3. The summed E-state index contributed by atoms with van der Waals surface area (Å²) in [6, 6.07) is 5.69. The van der Waals surface area contributed by atoms with Gasteiger partial charge in [-0.2, -0.15) is 11.8 Å². The molecule has 2 aliphatic heterocycles. The fraction of sp³-hybridized carbons (Fsp3) is 0.632. The molecule has 2 aliphatic rings. The molecule has 0 aromatic heterocycles. The molecule has 1 unspecified atom stereocenters. The van der Waals surface area contributed by atoms with Crippen molar-refractivity contribution in [1.29, 1.82) is 0 Å². The van der Waals surface area contributed by atoms with E-state index in [0.717, 1.165) is 57.3 Å². The van der Waals surface area contributed by atoms with Crippen molar-refractivity contribution in [1.82, 2.24) is 9.80 Å². The summed E-state index contributed by atoms with van der Waals surface area (Å²) in [5, 5.41) is 0. The number of carbonyl (C=O) groups excluding carboxylic acids is 1. The highest BCUT2D eigenvalue weighted by Crippen LogP contribution is 2.32. The van der Waals surface area contributed by atoms with E-state index in [4.69, 9.17) is 14.2 Å². The molecule has 1 atom stereocenters. The van der Waals surface area contributed by atoms with Crippen LogP contribution in [0.2, 0.25) is 0 Å². The van der Waals surface area contributed by atoms with Gasteiger partial charge in [0, 0.05) is 31.9 Å². The van der Waals surface area contributed by atoms with E-state index in [0.29, 0.717) is 17.1 Å². The van der Waals surface area contributed by atoms with Gasteiger partial charge in [0.2, 0.25) is 0 Å². The fourth-order valence-electron chi connectivity index (χ4n) is 3.54. The third-order valence-electron chi connectivity index (χ3n) is 4.91. The van der Waals surface area contributed by atoms with Gasteiger partial charge in [-0.3, -0.25) is 9.69 Å². The number of thioether (sulfide) groups is 1. The van der Waals surface area contributed by atoms with Crippen LogP contribution >= 0.6 is 11.8 Å². The molecule has 0 N–H and O–H groups in total. The zero-order chi connectivity index (χ0) is 18.4. The van der Waals surface area contributed by atoms with Crippen molar-refractivity contribution in [3.63, 3.8) is 0 Å². The number of carbonyl (C=O) groups is 1. The van der Waals surface area contributed by atoms with Crippen molar-refractivity contribution >= 4 is 17.7 Å². The predicted octanol–water partition coefficient (Wildman–Crippen LogP) is 1.98. The van der Waals surface area contributed by atoms with Gasteiger partial charge in [0.15, 0.2) is 11.5 Å². The molecule has 0 bridgehead atoms. The summed E-state index contributed by atoms with van der Waals surface area (Å²) >= 11 is 1.94. The van der Waals surface area contributed by atoms with Crippen LogP contribution in [0.15, 0.2) is 18.2 Å². The highest BCUT2D eigenvalue weighted by Gasteiger charge is 2.30. The Morgan fingerprint density at radius 3 is 2.77 bits per heavy atom. The Morgan fingerprint density at radius 2 is 2.04 bits per heavy atom. The Hall–Kier alpha value is -1.44. The van der Waals surface area contributed by atoms with Gasteiger partial charge in [-0.1, -0.05) is 6.07 Å². The van der Waals surface area contributed by atoms with Gasteiger partial charge in [0.05, 0.1) is 39.0 Å². The molecule has 144 valence electrons. The molecule has 2 saturated heterocycles. The molecule has 1 aromatic rings. The number of hydrogen-bond acceptors (Lipinski definition) is 6. The van der Waals surface area contributed by atoms with Crippen LogP contribution < -0.4 is 9.47 Å². The minimum absolute atomic E-state index is 0.0292. The highest BCUT2D eigenvalue weighted by atomic mass is 32.2. The second-order valence-electron chi connectivity index (χ2n) is 6.53. The van der Waals surface area contributed by atoms with Crippen LogP contribution in [0.25, 0.3) is 0 Å². The van der Waals surface area contributed by atoms with Crippen molar-refractivity contribution < 1.29 is 19.0 Å². The third kappa shape index (κ3) is 4.45. The lowest BCUT2D eigenvalue weighted by atomic mass is 10.1. The molecule has 7 heteroatoms. The van der Waals surface area contributed by atoms with Crippen molar-refractivity contribution in [3.8, 4) is 11.5 Å². The number of ether oxygens (including phenoxy) is 3. The Morgan fingerprint density at radius 1 is 1.23 bits per heavy atom. The van der Waals surface area contributed by atoms with Crippen LogP contribution in [-0.2, 0) is 4.74 Å². The second kappa shape index (κ2) is 9.48. The van der Waals surface area contributed by atoms with Gasteiger partial charge < -0.3 is 19.1 Å². The summed E-state index contributed by atoms with van der Waals surface area (Å²) in [6.45, 7) is 5.10. The summed E-state index contributed by atoms with van der Waals surface area (Å²) in [7, 11) is 3.17. The van der Waals surface area contributed by atoms with E-state index in [2.05, 4.69) is 4.90 Å². The van der Waals surface area contributed by atoms with Crippen molar-refractivity contribution in [2.45, 2.75) is 12.5 Å². The van der Waals surface area contributed by atoms with Gasteiger partial charge in [-0.15, -0.1) is 0 Å². The standard InChI is InChI=1S/C19H28N2O4S/c1-23-17-6-3-5-16(18(17)24-2)19(22)21-7-4-12-26-14-15(21)13-20-8-10-25-11-9-20/h3,5-6,15H,4,7-14H2,1-2H3. The average molecular weight is 381 g/mol. The van der Waals surface area contributed by atoms with E-state index in [9.17, 15) is 4.79 Å². The molecule has 1 amide bonds. The average Bonchev–Trinajstić information content (AvgIpc) is 2.93. The normalized spacial score (nSPS) is 21.9. The van der Waals surface area contributed by atoms with E-state index in [1.807, 2.05) is 34.9 Å². The van der Waals surface area contributed by atoms with Gasteiger partial charge in [0.25, 0.3) is 5.91 Å². The summed E-state index contributed by atoms with van der Waals surface area (Å²) in [5.41, 5.74) is 0.575. The van der Waals surface area contributed by atoms with Gasteiger partial charge in [-0.25, -0.2) is 0 Å². The lowest BCUT2D eigenvalue weighted by Crippen LogP contribution is -2.50. The Labute approximate surface area is 159 Å². The number of morpholine rings is 1. The zero-order valence-electron chi connectivity index (χ0n) is 15.6. The Kier molecular flexibility index (Phi) is 7.05. The molecule has 1 aromatic carbocycles. The fourth-order valence-corrected chi connectivity index (χ4v) is 4.60. The SMILES string of the molecule is COc1cccc(C(=O)N2CCCSCC2CN2CCOCC2)c1OC. The van der Waals surface area contributed by atoms with Crippen LogP contribution in [-0.4, -0.2) is 86.9 Å². The number of para-hydroxylation sites is 1. The molecule has 6 nitrogen and oxygen atoms in total. The first-order chi connectivity index (χ1) is 12.7. The van der Waals surface area contributed by atoms with Crippen LogP contribution in [0.4, 0.5) is 0 Å². The quantitative estimate of drug-likeness (QED) is 0.779. The molecular weight excluding hydrogens is 352 g/mol. The smallest absolute Gasteiger partial charge is 0.258 e. The molecule has 2 heterocycles. The van der Waals surface area contributed by atoms with Gasteiger partial charge in [-0.05, 0) is 24.3 Å². The van der Waals surface area contributed by atoms with Crippen molar-refractivity contribution in [3.05, 3.63) is 23.8 Å². The van der Waals surface area contributed by atoms with Crippen LogP contribution in [0.5, 0.6) is 11.5 Å². The third-order valence-corrected chi connectivity index (χ3v) is 6.10. The number of methoxy groups -OCH3 is 2. The van der Waals surface area contributed by atoms with E-state index in [1.54, 1.807) is 14.2 Å². The number of rotatable bonds is 5. The largest absolute Gasteiger partial charge is 0.493 e. The maximum Gasteiger partial charge on any atom is 0.258 e. The number of hydrogen-bond donors (Lipinski definition) is 0. The van der Waals surface area contributed by atoms with Crippen LogP contribution in [0, 0.1) is 0 Å². The summed E-state index contributed by atoms with van der Waals surface area (Å²) in [4.78, 5) is 17.8. The van der Waals surface area contributed by atoms with Crippen molar-refractivity contribution in [2.24, 2.45) is 0 Å². The number of benzene rings is 1. The van der Waals surface area contributed by atoms with E-state index < -0.39 is 0 Å². The molecule has 3 rings (SSSR count). The van der Waals surface area contributed by atoms with E-state index >= 15 is 0 Å². The zero-order valence-corrected chi connectivity index (χ0v) is 16.4. The van der Waals surface area contributed by atoms with E-state index in [1.165, 1.54) is 0 Å². The first-order valence-electron chi connectivity index (χ1n) is 9.14. The van der Waals surface area contributed by atoms with Gasteiger partial charge in [0.1, 0.15) is 0 Å². The molecule has 0 saturated carbocycles. The molecular formula is C19H28N2O4S. The van der Waals surface area contributed by atoms with E-state index in [-0.39, 0.29) is 11.9 Å². The molecule has 26 heavy (non-hydrogen) atoms. The predicted molar refractivity (Wildman–Crippen MR) is 104 cm³/mol. The minimum Gasteiger partial charge on any atom is -0.493 e. The van der Waals surface area contributed by atoms with Gasteiger partial charge >= 0.3 is 0 Å².